The smallest absolute Gasteiger partial charge is 0.128 e. The molecule has 0 bridgehead atoms. The molecule has 3 rings (SSSR count). The molecule has 110 valence electrons. The van der Waals surface area contributed by atoms with Crippen molar-refractivity contribution in [1.29, 1.82) is 0 Å². The van der Waals surface area contributed by atoms with Gasteiger partial charge in [-0.3, -0.25) is 0 Å². The van der Waals surface area contributed by atoms with Crippen LogP contribution in [0, 0.1) is 6.92 Å². The van der Waals surface area contributed by atoms with Crippen LogP contribution in [0.25, 0.3) is 0 Å². The van der Waals surface area contributed by atoms with Crippen LogP contribution in [0.3, 0.4) is 0 Å². The predicted molar refractivity (Wildman–Crippen MR) is 88.9 cm³/mol. The second kappa shape index (κ2) is 6.17. The topological polar surface area (TPSA) is 28.2 Å². The van der Waals surface area contributed by atoms with Crippen molar-refractivity contribution in [3.63, 3.8) is 0 Å². The minimum Gasteiger partial charge on any atom is -0.377 e. The normalized spacial score (nSPS) is 16.0. The van der Waals surface area contributed by atoms with Gasteiger partial charge in [0, 0.05) is 19.1 Å². The molecule has 2 aromatic rings. The van der Waals surface area contributed by atoms with E-state index in [0.717, 1.165) is 24.6 Å². The number of hydrogen-bond donors (Lipinski definition) is 1. The van der Waals surface area contributed by atoms with Crippen molar-refractivity contribution in [2.24, 2.45) is 0 Å². The molecule has 1 unspecified atom stereocenters. The van der Waals surface area contributed by atoms with Crippen LogP contribution in [0.15, 0.2) is 42.6 Å². The lowest BCUT2D eigenvalue weighted by Gasteiger charge is -2.18. The fourth-order valence-electron chi connectivity index (χ4n) is 2.79. The first-order valence-corrected chi connectivity index (χ1v) is 7.76. The average Bonchev–Trinajstić information content (AvgIpc) is 3.03. The summed E-state index contributed by atoms with van der Waals surface area (Å²) in [6.45, 7) is 6.57. The van der Waals surface area contributed by atoms with E-state index in [2.05, 4.69) is 65.4 Å². The van der Waals surface area contributed by atoms with Gasteiger partial charge in [-0.2, -0.15) is 0 Å². The Morgan fingerprint density at radius 2 is 1.76 bits per heavy atom. The van der Waals surface area contributed by atoms with Gasteiger partial charge in [-0.1, -0.05) is 29.8 Å². The van der Waals surface area contributed by atoms with Gasteiger partial charge in [0.15, 0.2) is 0 Å². The Hall–Kier alpha value is -2.03. The summed E-state index contributed by atoms with van der Waals surface area (Å²) in [7, 11) is 0. The number of anilines is 2. The third kappa shape index (κ3) is 3.35. The summed E-state index contributed by atoms with van der Waals surface area (Å²) in [5.41, 5.74) is 3.66. The number of nitrogens with one attached hydrogen (secondary N) is 1. The summed E-state index contributed by atoms with van der Waals surface area (Å²) in [6.07, 6.45) is 4.51. The number of benzene rings is 1. The van der Waals surface area contributed by atoms with Gasteiger partial charge in [0.2, 0.25) is 0 Å². The molecule has 0 radical (unpaired) electrons. The Morgan fingerprint density at radius 3 is 2.38 bits per heavy atom. The van der Waals surface area contributed by atoms with E-state index >= 15 is 0 Å². The molecule has 3 nitrogen and oxygen atoms in total. The predicted octanol–water partition coefficient (Wildman–Crippen LogP) is 4.16. The molecule has 1 aromatic carbocycles. The molecule has 0 saturated carbocycles. The summed E-state index contributed by atoms with van der Waals surface area (Å²) < 4.78 is 0. The average molecular weight is 281 g/mol. The van der Waals surface area contributed by atoms with E-state index in [0.29, 0.717) is 0 Å². The zero-order valence-corrected chi connectivity index (χ0v) is 12.8. The van der Waals surface area contributed by atoms with E-state index < -0.39 is 0 Å². The second-order valence-electron chi connectivity index (χ2n) is 5.88. The van der Waals surface area contributed by atoms with Crippen molar-refractivity contribution < 1.29 is 0 Å². The lowest BCUT2D eigenvalue weighted by molar-refractivity contribution is 0.879. The number of pyridine rings is 1. The molecule has 3 heteroatoms. The SMILES string of the molecule is Cc1ccc(C(C)Nc2ccc(N3CCCC3)nc2)cc1. The Bertz CT molecular complexity index is 568. The molecule has 2 heterocycles. The van der Waals surface area contributed by atoms with Crippen molar-refractivity contribution in [3.8, 4) is 0 Å². The lowest BCUT2D eigenvalue weighted by Crippen LogP contribution is -2.18. The summed E-state index contributed by atoms with van der Waals surface area (Å²) in [5, 5.41) is 3.51. The van der Waals surface area contributed by atoms with Crippen LogP contribution in [0.5, 0.6) is 0 Å². The standard InChI is InChI=1S/C18H23N3/c1-14-5-7-16(8-6-14)15(2)20-17-9-10-18(19-13-17)21-11-3-4-12-21/h5-10,13,15,20H,3-4,11-12H2,1-2H3. The van der Waals surface area contributed by atoms with Crippen molar-refractivity contribution in [1.82, 2.24) is 4.98 Å². The van der Waals surface area contributed by atoms with Gasteiger partial charge >= 0.3 is 0 Å². The highest BCUT2D eigenvalue weighted by molar-refractivity contribution is 5.50. The number of hydrogen-bond acceptors (Lipinski definition) is 3. The Labute approximate surface area is 127 Å². The van der Waals surface area contributed by atoms with E-state index in [1.165, 1.54) is 24.0 Å². The van der Waals surface area contributed by atoms with Crippen molar-refractivity contribution >= 4 is 11.5 Å². The van der Waals surface area contributed by atoms with E-state index in [9.17, 15) is 0 Å². The molecular weight excluding hydrogens is 258 g/mol. The largest absolute Gasteiger partial charge is 0.377 e. The molecule has 0 amide bonds. The van der Waals surface area contributed by atoms with Crippen LogP contribution >= 0.6 is 0 Å². The fraction of sp³-hybridized carbons (Fsp3) is 0.389. The highest BCUT2D eigenvalue weighted by Gasteiger charge is 2.13. The Balaban J connectivity index is 1.65. The third-order valence-corrected chi connectivity index (χ3v) is 4.14. The molecule has 1 aliphatic heterocycles. The molecule has 0 spiro atoms. The second-order valence-corrected chi connectivity index (χ2v) is 5.88. The molecule has 1 N–H and O–H groups in total. The monoisotopic (exact) mass is 281 g/mol. The fourth-order valence-corrected chi connectivity index (χ4v) is 2.79. The van der Waals surface area contributed by atoms with Crippen molar-refractivity contribution in [2.75, 3.05) is 23.3 Å². The minimum absolute atomic E-state index is 0.282. The number of aryl methyl sites for hydroxylation is 1. The minimum atomic E-state index is 0.282. The van der Waals surface area contributed by atoms with Gasteiger partial charge < -0.3 is 10.2 Å². The quantitative estimate of drug-likeness (QED) is 0.912. The lowest BCUT2D eigenvalue weighted by atomic mass is 10.1. The highest BCUT2D eigenvalue weighted by Crippen LogP contribution is 2.22. The van der Waals surface area contributed by atoms with Crippen molar-refractivity contribution in [2.45, 2.75) is 32.7 Å². The number of aromatic nitrogens is 1. The first-order chi connectivity index (χ1) is 10.2. The summed E-state index contributed by atoms with van der Waals surface area (Å²) in [5.74, 6) is 1.10. The van der Waals surface area contributed by atoms with Crippen LogP contribution in [-0.2, 0) is 0 Å². The molecule has 1 saturated heterocycles. The number of rotatable bonds is 4. The van der Waals surface area contributed by atoms with Gasteiger partial charge in [-0.25, -0.2) is 4.98 Å². The van der Waals surface area contributed by atoms with Crippen LogP contribution < -0.4 is 10.2 Å². The summed E-state index contributed by atoms with van der Waals surface area (Å²) >= 11 is 0. The maximum atomic E-state index is 4.58. The van der Waals surface area contributed by atoms with Crippen LogP contribution in [0.4, 0.5) is 11.5 Å². The molecule has 1 atom stereocenters. The first kappa shape index (κ1) is 13.9. The molecule has 0 aliphatic carbocycles. The Kier molecular flexibility index (Phi) is 4.09. The van der Waals surface area contributed by atoms with Gasteiger partial charge in [0.05, 0.1) is 11.9 Å². The molecule has 1 fully saturated rings. The highest BCUT2D eigenvalue weighted by atomic mass is 15.2. The van der Waals surface area contributed by atoms with E-state index in [1.54, 1.807) is 0 Å². The van der Waals surface area contributed by atoms with Crippen molar-refractivity contribution in [3.05, 3.63) is 53.7 Å². The van der Waals surface area contributed by atoms with Crippen LogP contribution in [0.2, 0.25) is 0 Å². The first-order valence-electron chi connectivity index (χ1n) is 7.76. The molecule has 1 aliphatic rings. The van der Waals surface area contributed by atoms with Crippen LogP contribution in [0.1, 0.15) is 36.9 Å². The van der Waals surface area contributed by atoms with Crippen LogP contribution in [-0.4, -0.2) is 18.1 Å². The van der Waals surface area contributed by atoms with E-state index in [-0.39, 0.29) is 6.04 Å². The summed E-state index contributed by atoms with van der Waals surface area (Å²) in [6, 6.07) is 13.2. The van der Waals surface area contributed by atoms with E-state index in [4.69, 9.17) is 0 Å². The zero-order valence-electron chi connectivity index (χ0n) is 12.8. The maximum Gasteiger partial charge on any atom is 0.128 e. The van der Waals surface area contributed by atoms with Gasteiger partial charge in [0.1, 0.15) is 5.82 Å². The van der Waals surface area contributed by atoms with Gasteiger partial charge in [-0.15, -0.1) is 0 Å². The summed E-state index contributed by atoms with van der Waals surface area (Å²) in [4.78, 5) is 6.94. The molecular formula is C18H23N3. The van der Waals surface area contributed by atoms with Gasteiger partial charge in [-0.05, 0) is 44.4 Å². The maximum absolute atomic E-state index is 4.58. The number of nitrogens with zero attached hydrogens (tertiary/aromatic N) is 2. The third-order valence-electron chi connectivity index (χ3n) is 4.14. The Morgan fingerprint density at radius 1 is 1.05 bits per heavy atom. The molecule has 21 heavy (non-hydrogen) atoms. The van der Waals surface area contributed by atoms with Gasteiger partial charge in [0.25, 0.3) is 0 Å². The van der Waals surface area contributed by atoms with E-state index in [1.807, 2.05) is 6.20 Å². The molecule has 1 aromatic heterocycles. The zero-order chi connectivity index (χ0) is 14.7.